The zero-order valence-corrected chi connectivity index (χ0v) is 15.3. The predicted molar refractivity (Wildman–Crippen MR) is 101 cm³/mol. The van der Waals surface area contributed by atoms with Crippen LogP contribution in [0.2, 0.25) is 0 Å². The molecule has 0 spiro atoms. The maximum Gasteiger partial charge on any atom is 0.329 e. The molecule has 0 radical (unpaired) electrons. The molecule has 2 aromatic rings. The zero-order chi connectivity index (χ0) is 19.8. The molecule has 1 unspecified atom stereocenters. The van der Waals surface area contributed by atoms with Gasteiger partial charge in [-0.15, -0.1) is 0 Å². The minimum atomic E-state index is -0.835. The predicted octanol–water partition coefficient (Wildman–Crippen LogP) is 1.65. The Labute approximate surface area is 162 Å². The van der Waals surface area contributed by atoms with Crippen molar-refractivity contribution < 1.29 is 19.1 Å². The van der Waals surface area contributed by atoms with Gasteiger partial charge in [-0.3, -0.25) is 14.7 Å². The minimum absolute atomic E-state index is 0.0191. The second-order valence-corrected chi connectivity index (χ2v) is 6.40. The van der Waals surface area contributed by atoms with Crippen LogP contribution in [0.5, 0.6) is 0 Å². The molecule has 3 N–H and O–H groups in total. The molecule has 3 rings (SSSR count). The Morgan fingerprint density at radius 3 is 2.71 bits per heavy atom. The summed E-state index contributed by atoms with van der Waals surface area (Å²) < 4.78 is 5.43. The molecule has 146 valence electrons. The Hall–Kier alpha value is -3.42. The lowest BCUT2D eigenvalue weighted by atomic mass is 10.1. The van der Waals surface area contributed by atoms with Crippen LogP contribution in [0.4, 0.5) is 0 Å². The normalized spacial score (nSPS) is 21.0. The molecule has 2 atom stereocenters. The summed E-state index contributed by atoms with van der Waals surface area (Å²) >= 11 is 0. The SMILES string of the molecule is O=C1CCC=CC[C@@H](NC(=O)c2ccn[nH]2)C(=O)OCC(c2ccccc2)N1. The van der Waals surface area contributed by atoms with E-state index in [1.54, 1.807) is 6.08 Å². The second-order valence-electron chi connectivity index (χ2n) is 6.40. The number of ether oxygens (including phenoxy) is 1. The van der Waals surface area contributed by atoms with Crippen LogP contribution in [0, 0.1) is 0 Å². The van der Waals surface area contributed by atoms with Gasteiger partial charge >= 0.3 is 5.97 Å². The number of aromatic nitrogens is 2. The van der Waals surface area contributed by atoms with E-state index in [2.05, 4.69) is 20.8 Å². The lowest BCUT2D eigenvalue weighted by molar-refractivity contribution is -0.147. The number of amides is 2. The summed E-state index contributed by atoms with van der Waals surface area (Å²) in [7, 11) is 0. The Balaban J connectivity index is 1.73. The smallest absolute Gasteiger partial charge is 0.329 e. The first-order valence-corrected chi connectivity index (χ1v) is 9.09. The molecular formula is C20H22N4O4. The van der Waals surface area contributed by atoms with E-state index in [0.29, 0.717) is 12.8 Å². The topological polar surface area (TPSA) is 113 Å². The van der Waals surface area contributed by atoms with Crippen LogP contribution in [0.15, 0.2) is 54.7 Å². The van der Waals surface area contributed by atoms with Crippen molar-refractivity contribution in [3.63, 3.8) is 0 Å². The van der Waals surface area contributed by atoms with Gasteiger partial charge in [0.05, 0.1) is 6.04 Å². The highest BCUT2D eigenvalue weighted by Gasteiger charge is 2.25. The molecule has 1 aliphatic rings. The Kier molecular flexibility index (Phi) is 6.56. The van der Waals surface area contributed by atoms with E-state index >= 15 is 0 Å². The number of allylic oxidation sites excluding steroid dienone is 1. The average Bonchev–Trinajstić information content (AvgIpc) is 3.24. The van der Waals surface area contributed by atoms with Crippen LogP contribution >= 0.6 is 0 Å². The van der Waals surface area contributed by atoms with Gasteiger partial charge in [0.2, 0.25) is 5.91 Å². The van der Waals surface area contributed by atoms with E-state index in [4.69, 9.17) is 4.74 Å². The van der Waals surface area contributed by atoms with Crippen molar-refractivity contribution in [1.29, 1.82) is 0 Å². The highest BCUT2D eigenvalue weighted by atomic mass is 16.5. The van der Waals surface area contributed by atoms with E-state index in [-0.39, 0.29) is 24.6 Å². The summed E-state index contributed by atoms with van der Waals surface area (Å²) in [5, 5.41) is 11.9. The Morgan fingerprint density at radius 1 is 1.14 bits per heavy atom. The Bertz CT molecular complexity index is 833. The first kappa shape index (κ1) is 19.3. The third kappa shape index (κ3) is 5.29. The summed E-state index contributed by atoms with van der Waals surface area (Å²) in [5.74, 6) is -1.11. The first-order valence-electron chi connectivity index (χ1n) is 9.09. The number of H-pyrrole nitrogens is 1. The second kappa shape index (κ2) is 9.50. The summed E-state index contributed by atoms with van der Waals surface area (Å²) in [6.07, 6.45) is 6.20. The van der Waals surface area contributed by atoms with E-state index in [9.17, 15) is 14.4 Å². The van der Waals surface area contributed by atoms with Crippen LogP contribution in [-0.4, -0.2) is 40.6 Å². The molecule has 0 fully saturated rings. The number of rotatable bonds is 3. The van der Waals surface area contributed by atoms with Crippen LogP contribution in [0.1, 0.15) is 41.4 Å². The van der Waals surface area contributed by atoms with Gasteiger partial charge < -0.3 is 15.4 Å². The van der Waals surface area contributed by atoms with Gasteiger partial charge in [-0.2, -0.15) is 5.10 Å². The van der Waals surface area contributed by atoms with Gasteiger partial charge in [0.25, 0.3) is 5.91 Å². The van der Waals surface area contributed by atoms with Gasteiger partial charge in [0.15, 0.2) is 0 Å². The number of hydrogen-bond donors (Lipinski definition) is 3. The first-order chi connectivity index (χ1) is 13.6. The zero-order valence-electron chi connectivity index (χ0n) is 15.3. The number of hydrogen-bond acceptors (Lipinski definition) is 5. The van der Waals surface area contributed by atoms with E-state index in [0.717, 1.165) is 5.56 Å². The quantitative estimate of drug-likeness (QED) is 0.552. The average molecular weight is 382 g/mol. The van der Waals surface area contributed by atoms with Gasteiger partial charge in [0.1, 0.15) is 18.3 Å². The monoisotopic (exact) mass is 382 g/mol. The number of nitrogens with zero attached hydrogens (tertiary/aromatic N) is 1. The summed E-state index contributed by atoms with van der Waals surface area (Å²) in [6, 6.07) is 9.55. The van der Waals surface area contributed by atoms with Crippen LogP contribution in [0.3, 0.4) is 0 Å². The fourth-order valence-corrected chi connectivity index (χ4v) is 2.84. The lowest BCUT2D eigenvalue weighted by Gasteiger charge is -2.22. The molecule has 8 nitrogen and oxygen atoms in total. The molecule has 2 amide bonds. The molecule has 8 heteroatoms. The Morgan fingerprint density at radius 2 is 1.96 bits per heavy atom. The highest BCUT2D eigenvalue weighted by Crippen LogP contribution is 2.15. The van der Waals surface area contributed by atoms with E-state index in [1.807, 2.05) is 36.4 Å². The number of aromatic amines is 1. The fourth-order valence-electron chi connectivity index (χ4n) is 2.84. The standard InChI is InChI=1S/C20H22N4O4/c25-18-10-6-2-5-9-16(23-19(26)15-11-12-21-24-15)20(27)28-13-17(22-18)14-7-3-1-4-8-14/h1-5,7-8,11-12,16-17H,6,9-10,13H2,(H,21,24)(H,22,25)(H,23,26)/t16-,17?/m1/s1. The van der Waals surface area contributed by atoms with Crippen molar-refractivity contribution in [2.24, 2.45) is 0 Å². The molecule has 0 saturated heterocycles. The number of benzene rings is 1. The molecule has 1 aromatic carbocycles. The number of carbonyl (C=O) groups excluding carboxylic acids is 3. The molecular weight excluding hydrogens is 360 g/mol. The van der Waals surface area contributed by atoms with Crippen molar-refractivity contribution in [1.82, 2.24) is 20.8 Å². The van der Waals surface area contributed by atoms with Crippen LogP contribution in [0.25, 0.3) is 0 Å². The van der Waals surface area contributed by atoms with Gasteiger partial charge in [-0.25, -0.2) is 4.79 Å². The van der Waals surface area contributed by atoms with Gasteiger partial charge in [-0.1, -0.05) is 42.5 Å². The molecule has 28 heavy (non-hydrogen) atoms. The van der Waals surface area contributed by atoms with Crippen molar-refractivity contribution in [3.05, 3.63) is 66.0 Å². The van der Waals surface area contributed by atoms with E-state index < -0.39 is 24.0 Å². The van der Waals surface area contributed by atoms with E-state index in [1.165, 1.54) is 12.3 Å². The number of carbonyl (C=O) groups is 3. The maximum absolute atomic E-state index is 12.6. The third-order valence-electron chi connectivity index (χ3n) is 4.34. The minimum Gasteiger partial charge on any atom is -0.462 e. The van der Waals surface area contributed by atoms with Crippen LogP contribution < -0.4 is 10.6 Å². The van der Waals surface area contributed by atoms with Crippen molar-refractivity contribution in [2.45, 2.75) is 31.3 Å². The molecule has 0 bridgehead atoms. The van der Waals surface area contributed by atoms with Crippen molar-refractivity contribution >= 4 is 17.8 Å². The number of nitrogens with one attached hydrogen (secondary N) is 3. The lowest BCUT2D eigenvalue weighted by Crippen LogP contribution is -2.43. The van der Waals surface area contributed by atoms with Crippen LogP contribution in [-0.2, 0) is 14.3 Å². The number of esters is 1. The largest absolute Gasteiger partial charge is 0.462 e. The summed E-state index contributed by atoms with van der Waals surface area (Å²) in [6.45, 7) is -0.0191. The van der Waals surface area contributed by atoms with Crippen molar-refractivity contribution in [3.8, 4) is 0 Å². The summed E-state index contributed by atoms with van der Waals surface area (Å²) in [4.78, 5) is 37.0. The van der Waals surface area contributed by atoms with Crippen molar-refractivity contribution in [2.75, 3.05) is 6.61 Å². The molecule has 0 aliphatic carbocycles. The molecule has 0 saturated carbocycles. The molecule has 2 heterocycles. The maximum atomic E-state index is 12.6. The number of cyclic esters (lactones) is 1. The third-order valence-corrected chi connectivity index (χ3v) is 4.34. The van der Waals surface area contributed by atoms with Gasteiger partial charge in [-0.05, 0) is 24.5 Å². The highest BCUT2D eigenvalue weighted by molar-refractivity contribution is 5.95. The fraction of sp³-hybridized carbons (Fsp3) is 0.300. The van der Waals surface area contributed by atoms with Gasteiger partial charge in [0, 0.05) is 12.6 Å². The molecule has 1 aromatic heterocycles. The molecule has 1 aliphatic heterocycles. The summed E-state index contributed by atoms with van der Waals surface area (Å²) in [5.41, 5.74) is 1.10.